The summed E-state index contributed by atoms with van der Waals surface area (Å²) in [5, 5.41) is 17.4. The average molecular weight is 267 g/mol. The molecule has 1 aromatic heterocycles. The van der Waals surface area contributed by atoms with E-state index in [1.807, 2.05) is 0 Å². The molecule has 1 heterocycles. The summed E-state index contributed by atoms with van der Waals surface area (Å²) in [4.78, 5) is 3.43. The Kier molecular flexibility index (Phi) is 4.63. The number of aliphatic hydroxyl groups excluding tert-OH is 2. The Balaban J connectivity index is 2.99. The van der Waals surface area contributed by atoms with Crippen LogP contribution in [0.25, 0.3) is 0 Å². The van der Waals surface area contributed by atoms with Crippen LogP contribution < -0.4 is 4.72 Å². The predicted molar refractivity (Wildman–Crippen MR) is 57.5 cm³/mol. The summed E-state index contributed by atoms with van der Waals surface area (Å²) >= 11 is 5.62. The minimum Gasteiger partial charge on any atom is -0.395 e. The summed E-state index contributed by atoms with van der Waals surface area (Å²) in [5.74, 6) is 0. The first-order chi connectivity index (χ1) is 7.51. The number of aliphatic hydroxyl groups is 2. The Hall–Kier alpha value is -0.730. The second kappa shape index (κ2) is 5.55. The summed E-state index contributed by atoms with van der Waals surface area (Å²) in [5.41, 5.74) is 0. The first-order valence-electron chi connectivity index (χ1n) is 4.36. The summed E-state index contributed by atoms with van der Waals surface area (Å²) in [6, 6.07) is 1.75. The van der Waals surface area contributed by atoms with E-state index in [1.165, 1.54) is 18.3 Å². The van der Waals surface area contributed by atoms with Gasteiger partial charge in [-0.25, -0.2) is 18.1 Å². The standard InChI is InChI=1S/C8H11ClN2O4S/c9-8-7(2-1-3-10-8)16(14,15)11-6(4-12)5-13/h1-3,6,11-13H,4-5H2. The van der Waals surface area contributed by atoms with Crippen LogP contribution in [0.5, 0.6) is 0 Å². The third-order valence-corrected chi connectivity index (χ3v) is 3.74. The van der Waals surface area contributed by atoms with E-state index >= 15 is 0 Å². The van der Waals surface area contributed by atoms with Crippen molar-refractivity contribution in [2.45, 2.75) is 10.9 Å². The SMILES string of the molecule is O=S(=O)(NC(CO)CO)c1cccnc1Cl. The topological polar surface area (TPSA) is 99.5 Å². The summed E-state index contributed by atoms with van der Waals surface area (Å²) in [6.45, 7) is -1.01. The van der Waals surface area contributed by atoms with Gasteiger partial charge in [0.15, 0.2) is 0 Å². The molecule has 0 aromatic carbocycles. The molecule has 0 unspecified atom stereocenters. The molecule has 1 rings (SSSR count). The van der Waals surface area contributed by atoms with Crippen molar-refractivity contribution in [3.05, 3.63) is 23.5 Å². The lowest BCUT2D eigenvalue weighted by Gasteiger charge is -2.13. The van der Waals surface area contributed by atoms with Gasteiger partial charge in [0, 0.05) is 6.20 Å². The van der Waals surface area contributed by atoms with Crippen molar-refractivity contribution in [2.24, 2.45) is 0 Å². The number of nitrogens with zero attached hydrogens (tertiary/aromatic N) is 1. The molecule has 6 nitrogen and oxygen atoms in total. The first kappa shape index (κ1) is 13.3. The maximum absolute atomic E-state index is 11.7. The molecule has 3 N–H and O–H groups in total. The van der Waals surface area contributed by atoms with E-state index in [0.717, 1.165) is 0 Å². The number of halogens is 1. The largest absolute Gasteiger partial charge is 0.395 e. The zero-order valence-corrected chi connectivity index (χ0v) is 9.74. The fraction of sp³-hybridized carbons (Fsp3) is 0.375. The van der Waals surface area contributed by atoms with E-state index in [0.29, 0.717) is 0 Å². The molecule has 0 saturated heterocycles. The van der Waals surface area contributed by atoms with Crippen LogP contribution in [0.2, 0.25) is 5.15 Å². The van der Waals surface area contributed by atoms with Gasteiger partial charge >= 0.3 is 0 Å². The quantitative estimate of drug-likeness (QED) is 0.616. The van der Waals surface area contributed by atoms with Crippen LogP contribution in [-0.4, -0.2) is 42.9 Å². The van der Waals surface area contributed by atoms with E-state index in [2.05, 4.69) is 9.71 Å². The zero-order chi connectivity index (χ0) is 12.2. The van der Waals surface area contributed by atoms with Crippen molar-refractivity contribution in [2.75, 3.05) is 13.2 Å². The van der Waals surface area contributed by atoms with E-state index in [4.69, 9.17) is 21.8 Å². The molecular weight excluding hydrogens is 256 g/mol. The predicted octanol–water partition coefficient (Wildman–Crippen LogP) is -0.633. The van der Waals surface area contributed by atoms with Crippen molar-refractivity contribution in [3.63, 3.8) is 0 Å². The van der Waals surface area contributed by atoms with Gasteiger partial charge in [0.2, 0.25) is 10.0 Å². The molecule has 0 aliphatic heterocycles. The monoisotopic (exact) mass is 266 g/mol. The molecule has 90 valence electrons. The van der Waals surface area contributed by atoms with Crippen LogP contribution in [0.1, 0.15) is 0 Å². The minimum atomic E-state index is -3.88. The van der Waals surface area contributed by atoms with E-state index < -0.39 is 29.3 Å². The van der Waals surface area contributed by atoms with Crippen LogP contribution in [0.4, 0.5) is 0 Å². The van der Waals surface area contributed by atoms with Gasteiger partial charge < -0.3 is 10.2 Å². The minimum absolute atomic E-state index is 0.162. The van der Waals surface area contributed by atoms with Crippen molar-refractivity contribution >= 4 is 21.6 Å². The van der Waals surface area contributed by atoms with Crippen molar-refractivity contribution in [1.29, 1.82) is 0 Å². The lowest BCUT2D eigenvalue weighted by atomic mass is 10.4. The number of aromatic nitrogens is 1. The van der Waals surface area contributed by atoms with E-state index in [1.54, 1.807) is 0 Å². The highest BCUT2D eigenvalue weighted by molar-refractivity contribution is 7.89. The van der Waals surface area contributed by atoms with Crippen molar-refractivity contribution in [3.8, 4) is 0 Å². The third kappa shape index (κ3) is 3.13. The molecule has 0 aliphatic carbocycles. The van der Waals surface area contributed by atoms with Crippen LogP contribution in [-0.2, 0) is 10.0 Å². The Morgan fingerprint density at radius 3 is 2.56 bits per heavy atom. The number of rotatable bonds is 5. The molecule has 1 aromatic rings. The maximum atomic E-state index is 11.7. The molecule has 0 fully saturated rings. The van der Waals surface area contributed by atoms with Crippen LogP contribution in [0, 0.1) is 0 Å². The van der Waals surface area contributed by atoms with E-state index in [-0.39, 0.29) is 10.0 Å². The zero-order valence-electron chi connectivity index (χ0n) is 8.17. The Labute approximate surface area is 97.9 Å². The fourth-order valence-corrected chi connectivity index (χ4v) is 2.66. The van der Waals surface area contributed by atoms with Crippen LogP contribution >= 0.6 is 11.6 Å². The normalized spacial score (nSPS) is 12.0. The summed E-state index contributed by atoms with van der Waals surface area (Å²) in [7, 11) is -3.88. The smallest absolute Gasteiger partial charge is 0.244 e. The highest BCUT2D eigenvalue weighted by Crippen LogP contribution is 2.17. The second-order valence-corrected chi connectivity index (χ2v) is 5.02. The first-order valence-corrected chi connectivity index (χ1v) is 6.22. The molecule has 0 amide bonds. The fourth-order valence-electron chi connectivity index (χ4n) is 0.987. The van der Waals surface area contributed by atoms with Gasteiger partial charge in [0.05, 0.1) is 19.3 Å². The van der Waals surface area contributed by atoms with Crippen LogP contribution in [0.3, 0.4) is 0 Å². The summed E-state index contributed by atoms with van der Waals surface area (Å²) < 4.78 is 25.5. The highest BCUT2D eigenvalue weighted by atomic mass is 35.5. The molecule has 0 aliphatic rings. The molecule has 0 spiro atoms. The number of hydrogen-bond acceptors (Lipinski definition) is 5. The van der Waals surface area contributed by atoms with Crippen molar-refractivity contribution < 1.29 is 18.6 Å². The van der Waals surface area contributed by atoms with Gasteiger partial charge in [-0.1, -0.05) is 11.6 Å². The third-order valence-electron chi connectivity index (χ3n) is 1.78. The lowest BCUT2D eigenvalue weighted by molar-refractivity contribution is 0.185. The van der Waals surface area contributed by atoms with Gasteiger partial charge in [-0.05, 0) is 12.1 Å². The van der Waals surface area contributed by atoms with Gasteiger partial charge in [0.25, 0.3) is 0 Å². The summed E-state index contributed by atoms with van der Waals surface area (Å²) in [6.07, 6.45) is 1.36. The Bertz CT molecular complexity index is 447. The van der Waals surface area contributed by atoms with Crippen molar-refractivity contribution in [1.82, 2.24) is 9.71 Å². The number of hydrogen-bond donors (Lipinski definition) is 3. The van der Waals surface area contributed by atoms with Crippen LogP contribution in [0.15, 0.2) is 23.2 Å². The Morgan fingerprint density at radius 1 is 1.44 bits per heavy atom. The van der Waals surface area contributed by atoms with Gasteiger partial charge in [0.1, 0.15) is 10.0 Å². The number of sulfonamides is 1. The maximum Gasteiger partial charge on any atom is 0.244 e. The lowest BCUT2D eigenvalue weighted by Crippen LogP contribution is -2.40. The second-order valence-electron chi connectivity index (χ2n) is 2.98. The van der Waals surface area contributed by atoms with Gasteiger partial charge in [-0.15, -0.1) is 0 Å². The Morgan fingerprint density at radius 2 is 2.06 bits per heavy atom. The molecular formula is C8H11ClN2O4S. The number of nitrogens with one attached hydrogen (secondary N) is 1. The molecule has 8 heteroatoms. The molecule has 16 heavy (non-hydrogen) atoms. The van der Waals surface area contributed by atoms with Gasteiger partial charge in [-0.3, -0.25) is 0 Å². The van der Waals surface area contributed by atoms with Gasteiger partial charge in [-0.2, -0.15) is 0 Å². The highest BCUT2D eigenvalue weighted by Gasteiger charge is 2.21. The molecule has 0 atom stereocenters. The molecule has 0 bridgehead atoms. The molecule has 0 radical (unpaired) electrons. The average Bonchev–Trinajstić information content (AvgIpc) is 2.26. The number of pyridine rings is 1. The van der Waals surface area contributed by atoms with E-state index in [9.17, 15) is 8.42 Å². The molecule has 0 saturated carbocycles.